The molecule has 1 aliphatic rings. The summed E-state index contributed by atoms with van der Waals surface area (Å²) in [7, 11) is -3.85. The van der Waals surface area contributed by atoms with Crippen molar-refractivity contribution in [1.82, 2.24) is 4.72 Å². The maximum Gasteiger partial charge on any atom is 0.243 e. The van der Waals surface area contributed by atoms with E-state index in [1.54, 1.807) is 0 Å². The molecule has 1 unspecified atom stereocenters. The Balaban J connectivity index is 0.00000180. The first kappa shape index (κ1) is 16.8. The van der Waals surface area contributed by atoms with Crippen LogP contribution in [0.15, 0.2) is 27.6 Å². The highest BCUT2D eigenvalue weighted by Crippen LogP contribution is 2.31. The second-order valence-electron chi connectivity index (χ2n) is 4.41. The number of hydrogen-bond acceptors (Lipinski definition) is 3. The largest absolute Gasteiger partial charge is 0.326 e. The zero-order valence-corrected chi connectivity index (χ0v) is 13.2. The van der Waals surface area contributed by atoms with Crippen LogP contribution < -0.4 is 10.5 Å². The van der Waals surface area contributed by atoms with E-state index in [2.05, 4.69) is 20.7 Å². The molecule has 4 nitrogen and oxygen atoms in total. The molecule has 1 aromatic rings. The second-order valence-corrected chi connectivity index (χ2v) is 6.99. The Labute approximate surface area is 126 Å². The summed E-state index contributed by atoms with van der Waals surface area (Å²) < 4.78 is 40.0. The molecule has 0 aromatic heterocycles. The third-order valence-corrected chi connectivity index (χ3v) is 5.00. The molecule has 108 valence electrons. The molecule has 1 aromatic carbocycles. The van der Waals surface area contributed by atoms with Crippen LogP contribution in [0.5, 0.6) is 0 Å². The zero-order valence-electron chi connectivity index (χ0n) is 9.97. The van der Waals surface area contributed by atoms with Gasteiger partial charge in [-0.1, -0.05) is 6.07 Å². The van der Waals surface area contributed by atoms with Gasteiger partial charge in [-0.25, -0.2) is 17.5 Å². The van der Waals surface area contributed by atoms with Crippen molar-refractivity contribution in [1.29, 1.82) is 0 Å². The Morgan fingerprint density at radius 2 is 2.11 bits per heavy atom. The van der Waals surface area contributed by atoms with E-state index in [0.29, 0.717) is 5.92 Å². The average Bonchev–Trinajstić information content (AvgIpc) is 3.13. The summed E-state index contributed by atoms with van der Waals surface area (Å²) in [6.45, 7) is 0.138. The van der Waals surface area contributed by atoms with Gasteiger partial charge in [-0.05, 0) is 46.8 Å². The van der Waals surface area contributed by atoms with E-state index in [0.717, 1.165) is 12.8 Å². The first-order chi connectivity index (χ1) is 8.42. The van der Waals surface area contributed by atoms with Gasteiger partial charge in [0.25, 0.3) is 0 Å². The van der Waals surface area contributed by atoms with Crippen LogP contribution in [-0.4, -0.2) is 21.0 Å². The maximum atomic E-state index is 13.7. The second kappa shape index (κ2) is 6.49. The van der Waals surface area contributed by atoms with Crippen molar-refractivity contribution >= 4 is 38.4 Å². The maximum absolute atomic E-state index is 13.7. The molecular formula is C11H15BrClFN2O2S. The summed E-state index contributed by atoms with van der Waals surface area (Å²) in [4.78, 5) is -0.361. The first-order valence-electron chi connectivity index (χ1n) is 5.61. The number of halogens is 3. The Bertz CT molecular complexity index is 552. The van der Waals surface area contributed by atoms with Crippen molar-refractivity contribution in [2.75, 3.05) is 6.54 Å². The lowest BCUT2D eigenvalue weighted by atomic mass is 10.2. The van der Waals surface area contributed by atoms with Crippen LogP contribution in [-0.2, 0) is 10.0 Å². The summed E-state index contributed by atoms with van der Waals surface area (Å²) in [5, 5.41) is 0. The molecule has 0 amide bonds. The van der Waals surface area contributed by atoms with E-state index < -0.39 is 15.8 Å². The zero-order chi connectivity index (χ0) is 13.3. The van der Waals surface area contributed by atoms with Gasteiger partial charge >= 0.3 is 0 Å². The summed E-state index contributed by atoms with van der Waals surface area (Å²) in [6.07, 6.45) is 2.07. The molecule has 0 radical (unpaired) electrons. The molecule has 0 aliphatic heterocycles. The standard InChI is InChI=1S/C11H14BrFN2O2S.ClH/c12-8-2-1-3-10(11(8)13)18(16,17)15-6-9(14)7-4-5-7;/h1-3,7,9,15H,4-6,14H2;1H. The monoisotopic (exact) mass is 372 g/mol. The van der Waals surface area contributed by atoms with Gasteiger partial charge in [0.05, 0.1) is 4.47 Å². The van der Waals surface area contributed by atoms with Crippen molar-refractivity contribution in [3.63, 3.8) is 0 Å². The summed E-state index contributed by atoms with van der Waals surface area (Å²) in [6, 6.07) is 3.95. The minimum absolute atomic E-state index is 0. The van der Waals surface area contributed by atoms with Crippen molar-refractivity contribution in [2.24, 2.45) is 11.7 Å². The molecule has 0 spiro atoms. The fourth-order valence-corrected chi connectivity index (χ4v) is 3.33. The fourth-order valence-electron chi connectivity index (χ4n) is 1.67. The van der Waals surface area contributed by atoms with Gasteiger partial charge in [0.2, 0.25) is 10.0 Å². The third kappa shape index (κ3) is 4.13. The van der Waals surface area contributed by atoms with Crippen LogP contribution in [0.2, 0.25) is 0 Å². The lowest BCUT2D eigenvalue weighted by Gasteiger charge is -2.12. The molecular weight excluding hydrogens is 359 g/mol. The van der Waals surface area contributed by atoms with E-state index in [-0.39, 0.29) is 34.4 Å². The van der Waals surface area contributed by atoms with E-state index in [9.17, 15) is 12.8 Å². The summed E-state index contributed by atoms with van der Waals surface area (Å²) in [5.74, 6) is -0.398. The molecule has 3 N–H and O–H groups in total. The molecule has 0 heterocycles. The number of benzene rings is 1. The van der Waals surface area contributed by atoms with Crippen LogP contribution in [0.25, 0.3) is 0 Å². The summed E-state index contributed by atoms with van der Waals surface area (Å²) >= 11 is 2.96. The first-order valence-corrected chi connectivity index (χ1v) is 7.88. The van der Waals surface area contributed by atoms with Crippen LogP contribution in [0, 0.1) is 11.7 Å². The molecule has 19 heavy (non-hydrogen) atoms. The van der Waals surface area contributed by atoms with Crippen LogP contribution >= 0.6 is 28.3 Å². The fraction of sp³-hybridized carbons (Fsp3) is 0.455. The third-order valence-electron chi connectivity index (χ3n) is 2.94. The van der Waals surface area contributed by atoms with E-state index in [1.165, 1.54) is 18.2 Å². The Morgan fingerprint density at radius 1 is 1.47 bits per heavy atom. The predicted molar refractivity (Wildman–Crippen MR) is 77.2 cm³/mol. The van der Waals surface area contributed by atoms with Crippen LogP contribution in [0.4, 0.5) is 4.39 Å². The topological polar surface area (TPSA) is 72.2 Å². The van der Waals surface area contributed by atoms with Gasteiger partial charge in [0.15, 0.2) is 5.82 Å². The molecule has 1 saturated carbocycles. The van der Waals surface area contributed by atoms with Gasteiger partial charge in [-0.15, -0.1) is 12.4 Å². The smallest absolute Gasteiger partial charge is 0.243 e. The van der Waals surface area contributed by atoms with Gasteiger partial charge in [0, 0.05) is 12.6 Å². The lowest BCUT2D eigenvalue weighted by molar-refractivity contribution is 0.535. The van der Waals surface area contributed by atoms with Crippen molar-refractivity contribution < 1.29 is 12.8 Å². The number of sulfonamides is 1. The Morgan fingerprint density at radius 3 is 2.68 bits per heavy atom. The SMILES string of the molecule is Cl.NC(CNS(=O)(=O)c1cccc(Br)c1F)C1CC1. The van der Waals surface area contributed by atoms with Gasteiger partial charge in [0.1, 0.15) is 4.90 Å². The van der Waals surface area contributed by atoms with Crippen molar-refractivity contribution in [3.05, 3.63) is 28.5 Å². The number of nitrogens with two attached hydrogens (primary N) is 1. The minimum atomic E-state index is -3.85. The van der Waals surface area contributed by atoms with Crippen LogP contribution in [0.1, 0.15) is 12.8 Å². The number of nitrogens with one attached hydrogen (secondary N) is 1. The molecule has 8 heteroatoms. The van der Waals surface area contributed by atoms with Crippen molar-refractivity contribution in [2.45, 2.75) is 23.8 Å². The van der Waals surface area contributed by atoms with E-state index in [1.807, 2.05) is 0 Å². The van der Waals surface area contributed by atoms with E-state index >= 15 is 0 Å². The number of hydrogen-bond donors (Lipinski definition) is 2. The number of rotatable bonds is 5. The Kier molecular flexibility index (Phi) is 5.76. The molecule has 0 bridgehead atoms. The molecule has 1 atom stereocenters. The van der Waals surface area contributed by atoms with Gasteiger partial charge < -0.3 is 5.73 Å². The molecule has 1 fully saturated rings. The lowest BCUT2D eigenvalue weighted by Crippen LogP contribution is -2.38. The minimum Gasteiger partial charge on any atom is -0.326 e. The molecule has 2 rings (SSSR count). The average molecular weight is 374 g/mol. The molecule has 0 saturated heterocycles. The predicted octanol–water partition coefficient (Wildman–Crippen LogP) is 2.03. The molecule has 1 aliphatic carbocycles. The van der Waals surface area contributed by atoms with Gasteiger partial charge in [-0.3, -0.25) is 0 Å². The normalized spacial score (nSPS) is 16.8. The summed E-state index contributed by atoms with van der Waals surface area (Å²) in [5.41, 5.74) is 5.80. The highest BCUT2D eigenvalue weighted by Gasteiger charge is 2.30. The quantitative estimate of drug-likeness (QED) is 0.829. The van der Waals surface area contributed by atoms with Crippen LogP contribution in [0.3, 0.4) is 0 Å². The highest BCUT2D eigenvalue weighted by molar-refractivity contribution is 9.10. The Hall–Kier alpha value is -0.210. The highest BCUT2D eigenvalue weighted by atomic mass is 79.9. The van der Waals surface area contributed by atoms with Crippen molar-refractivity contribution in [3.8, 4) is 0 Å². The van der Waals surface area contributed by atoms with E-state index in [4.69, 9.17) is 5.73 Å². The van der Waals surface area contributed by atoms with Gasteiger partial charge in [-0.2, -0.15) is 0 Å².